The number of hydrogen-bond acceptors (Lipinski definition) is 7. The molecule has 0 spiro atoms. The Kier molecular flexibility index (Phi) is 7.83. The molecule has 0 bridgehead atoms. The van der Waals surface area contributed by atoms with E-state index < -0.39 is 17.0 Å². The van der Waals surface area contributed by atoms with E-state index in [2.05, 4.69) is 5.32 Å². The van der Waals surface area contributed by atoms with E-state index in [-0.39, 0.29) is 17.2 Å². The van der Waals surface area contributed by atoms with Crippen molar-refractivity contribution in [1.29, 1.82) is 10.5 Å². The van der Waals surface area contributed by atoms with Crippen LogP contribution in [-0.4, -0.2) is 23.6 Å². The summed E-state index contributed by atoms with van der Waals surface area (Å²) in [4.78, 5) is 24.9. The molecule has 0 heterocycles. The summed E-state index contributed by atoms with van der Waals surface area (Å²) in [7, 11) is 0. The zero-order chi connectivity index (χ0) is 20.4. The number of esters is 1. The van der Waals surface area contributed by atoms with Crippen LogP contribution in [0.2, 0.25) is 0 Å². The number of ether oxygens (including phenoxy) is 1. The summed E-state index contributed by atoms with van der Waals surface area (Å²) < 4.78 is 4.90. The molecule has 7 heteroatoms. The zero-order valence-corrected chi connectivity index (χ0v) is 15.9. The first-order valence-electron chi connectivity index (χ1n) is 8.39. The topological polar surface area (TPSA) is 103 Å². The van der Waals surface area contributed by atoms with E-state index >= 15 is 0 Å². The number of para-hydroxylation sites is 1. The molecule has 28 heavy (non-hydrogen) atoms. The minimum absolute atomic E-state index is 0.113. The van der Waals surface area contributed by atoms with E-state index in [9.17, 15) is 20.1 Å². The van der Waals surface area contributed by atoms with E-state index in [1.54, 1.807) is 61.5 Å². The maximum absolute atomic E-state index is 12.8. The van der Waals surface area contributed by atoms with Crippen molar-refractivity contribution < 1.29 is 14.3 Å². The molecule has 0 fully saturated rings. The maximum Gasteiger partial charge on any atom is 0.334 e. The van der Waals surface area contributed by atoms with Crippen molar-refractivity contribution in [3.05, 3.63) is 76.8 Å². The second-order valence-electron chi connectivity index (χ2n) is 5.38. The first kappa shape index (κ1) is 20.8. The summed E-state index contributed by atoms with van der Waals surface area (Å²) in [5.74, 6) is -1.23. The summed E-state index contributed by atoms with van der Waals surface area (Å²) in [5.41, 5.74) is 0.750. The van der Waals surface area contributed by atoms with E-state index in [0.717, 1.165) is 11.8 Å². The molecule has 0 amide bonds. The average molecular weight is 391 g/mol. The number of rotatable bonds is 8. The molecule has 0 saturated carbocycles. The van der Waals surface area contributed by atoms with Gasteiger partial charge in [0.05, 0.1) is 17.7 Å². The van der Waals surface area contributed by atoms with Gasteiger partial charge in [0.1, 0.15) is 11.6 Å². The molecule has 1 N–H and O–H groups in total. The fourth-order valence-corrected chi connectivity index (χ4v) is 3.09. The van der Waals surface area contributed by atoms with Crippen molar-refractivity contribution in [2.75, 3.05) is 11.9 Å². The molecular formula is C21H17N3O3S. The number of nitriles is 2. The molecule has 0 saturated heterocycles. The van der Waals surface area contributed by atoms with Gasteiger partial charge in [-0.2, -0.15) is 10.5 Å². The Morgan fingerprint density at radius 2 is 1.68 bits per heavy atom. The Balaban J connectivity index is 2.47. The number of hydrogen-bond donors (Lipinski definition) is 1. The third-order valence-electron chi connectivity index (χ3n) is 3.49. The Bertz CT molecular complexity index is 944. The van der Waals surface area contributed by atoms with Gasteiger partial charge >= 0.3 is 5.97 Å². The third-order valence-corrected chi connectivity index (χ3v) is 4.56. The van der Waals surface area contributed by atoms with Gasteiger partial charge in [-0.1, -0.05) is 60.3 Å². The molecule has 0 radical (unpaired) electrons. The van der Waals surface area contributed by atoms with Crippen LogP contribution in [0.3, 0.4) is 0 Å². The molecule has 1 atom stereocenters. The quantitative estimate of drug-likeness (QED) is 0.315. The van der Waals surface area contributed by atoms with Gasteiger partial charge in [0.2, 0.25) is 5.78 Å². The fourth-order valence-electron chi connectivity index (χ4n) is 2.20. The highest BCUT2D eigenvalue weighted by molar-refractivity contribution is 8.04. The molecule has 140 valence electrons. The highest BCUT2D eigenvalue weighted by Gasteiger charge is 2.26. The zero-order valence-electron chi connectivity index (χ0n) is 15.1. The summed E-state index contributed by atoms with van der Waals surface area (Å²) in [5, 5.41) is 20.9. The van der Waals surface area contributed by atoms with Gasteiger partial charge in [-0.3, -0.25) is 4.79 Å². The highest BCUT2D eigenvalue weighted by atomic mass is 32.2. The lowest BCUT2D eigenvalue weighted by Crippen LogP contribution is -2.21. The minimum atomic E-state index is -1.22. The molecule has 2 aromatic rings. The lowest BCUT2D eigenvalue weighted by Gasteiger charge is -2.15. The first-order valence-corrected chi connectivity index (χ1v) is 9.27. The van der Waals surface area contributed by atoms with E-state index in [1.807, 2.05) is 18.2 Å². The number of carbonyl (C=O) groups excluding carboxylic acids is 2. The maximum atomic E-state index is 12.8. The number of nitrogens with zero attached hydrogens (tertiary/aromatic N) is 2. The van der Waals surface area contributed by atoms with Crippen LogP contribution in [0, 0.1) is 22.7 Å². The SMILES string of the molecule is CCOC(=O)C(C#N)S/C(Nc1ccccc1)=C(\C#N)C(=O)c1ccccc1. The molecule has 1 unspecified atom stereocenters. The van der Waals surface area contributed by atoms with Crippen molar-refractivity contribution in [2.45, 2.75) is 12.2 Å². The van der Waals surface area contributed by atoms with Crippen molar-refractivity contribution in [2.24, 2.45) is 0 Å². The summed E-state index contributed by atoms with van der Waals surface area (Å²) in [6.45, 7) is 1.76. The van der Waals surface area contributed by atoms with Crippen molar-refractivity contribution in [3.63, 3.8) is 0 Å². The van der Waals surface area contributed by atoms with Crippen molar-refractivity contribution >= 4 is 29.2 Å². The number of thioether (sulfide) groups is 1. The fraction of sp³-hybridized carbons (Fsp3) is 0.143. The monoisotopic (exact) mass is 391 g/mol. The van der Waals surface area contributed by atoms with Gasteiger partial charge in [-0.25, -0.2) is 4.79 Å². The number of benzene rings is 2. The first-order chi connectivity index (χ1) is 13.6. The molecule has 2 rings (SSSR count). The van der Waals surface area contributed by atoms with Crippen LogP contribution in [0.25, 0.3) is 0 Å². The lowest BCUT2D eigenvalue weighted by molar-refractivity contribution is -0.141. The van der Waals surface area contributed by atoms with E-state index in [4.69, 9.17) is 4.74 Å². The van der Waals surface area contributed by atoms with Crippen LogP contribution in [0.5, 0.6) is 0 Å². The van der Waals surface area contributed by atoms with Crippen LogP contribution in [0.1, 0.15) is 17.3 Å². The highest BCUT2D eigenvalue weighted by Crippen LogP contribution is 2.29. The van der Waals surface area contributed by atoms with Crippen LogP contribution in [-0.2, 0) is 9.53 Å². The molecular weight excluding hydrogens is 374 g/mol. The molecule has 2 aromatic carbocycles. The van der Waals surface area contributed by atoms with Crippen LogP contribution < -0.4 is 5.32 Å². The number of anilines is 1. The molecule has 6 nitrogen and oxygen atoms in total. The second kappa shape index (κ2) is 10.6. The van der Waals surface area contributed by atoms with E-state index in [0.29, 0.717) is 11.3 Å². The molecule has 0 aliphatic rings. The number of Topliss-reactive ketones (excluding diaryl/α,β-unsaturated/α-hetero) is 1. The Morgan fingerprint density at radius 1 is 1.07 bits per heavy atom. The normalized spacial score (nSPS) is 12.0. The van der Waals surface area contributed by atoms with Crippen LogP contribution >= 0.6 is 11.8 Å². The largest absolute Gasteiger partial charge is 0.464 e. The Hall–Kier alpha value is -3.55. The van der Waals surface area contributed by atoms with Gasteiger partial charge in [0, 0.05) is 11.3 Å². The second-order valence-corrected chi connectivity index (χ2v) is 6.50. The van der Waals surface area contributed by atoms with Crippen molar-refractivity contribution in [3.8, 4) is 12.1 Å². The standard InChI is InChI=1S/C21H17N3O3S/c1-2-27-21(26)18(14-23)28-20(24-16-11-7-4-8-12-16)17(13-22)19(25)15-9-5-3-6-10-15/h3-12,18,24H,2H2,1H3/b20-17+. The van der Waals surface area contributed by atoms with Gasteiger partial charge in [0.25, 0.3) is 0 Å². The Labute approximate surface area is 167 Å². The number of ketones is 1. The molecule has 0 aliphatic heterocycles. The summed E-state index contributed by atoms with van der Waals surface area (Å²) in [6.07, 6.45) is 0. The number of nitrogens with one attached hydrogen (secondary N) is 1. The average Bonchev–Trinajstić information content (AvgIpc) is 2.73. The molecule has 0 aliphatic carbocycles. The summed E-state index contributed by atoms with van der Waals surface area (Å²) >= 11 is 0.778. The number of allylic oxidation sites excluding steroid dienone is 1. The number of carbonyl (C=O) groups is 2. The van der Waals surface area contributed by atoms with Crippen LogP contribution in [0.15, 0.2) is 71.3 Å². The predicted octanol–water partition coefficient (Wildman–Crippen LogP) is 3.91. The smallest absolute Gasteiger partial charge is 0.334 e. The minimum Gasteiger partial charge on any atom is -0.464 e. The van der Waals surface area contributed by atoms with Gasteiger partial charge in [-0.15, -0.1) is 0 Å². The van der Waals surface area contributed by atoms with Gasteiger partial charge < -0.3 is 10.1 Å². The van der Waals surface area contributed by atoms with Gasteiger partial charge in [-0.05, 0) is 19.1 Å². The van der Waals surface area contributed by atoms with Crippen LogP contribution in [0.4, 0.5) is 5.69 Å². The summed E-state index contributed by atoms with van der Waals surface area (Å²) in [6, 6.07) is 21.0. The van der Waals surface area contributed by atoms with Gasteiger partial charge in [0.15, 0.2) is 5.25 Å². The van der Waals surface area contributed by atoms with E-state index in [1.165, 1.54) is 0 Å². The third kappa shape index (κ3) is 5.47. The predicted molar refractivity (Wildman–Crippen MR) is 107 cm³/mol. The lowest BCUT2D eigenvalue weighted by atomic mass is 10.1. The Morgan fingerprint density at radius 3 is 2.21 bits per heavy atom. The van der Waals surface area contributed by atoms with Crippen molar-refractivity contribution in [1.82, 2.24) is 0 Å². The molecule has 0 aromatic heterocycles.